The van der Waals surface area contributed by atoms with Crippen molar-refractivity contribution in [1.82, 2.24) is 25.3 Å². The van der Waals surface area contributed by atoms with E-state index in [9.17, 15) is 14.4 Å². The Kier molecular flexibility index (Phi) is 5.91. The molecule has 0 spiro atoms. The van der Waals surface area contributed by atoms with Crippen LogP contribution in [-0.2, 0) is 23.3 Å². The Morgan fingerprint density at radius 2 is 2.12 bits per heavy atom. The van der Waals surface area contributed by atoms with Crippen molar-refractivity contribution >= 4 is 29.2 Å². The summed E-state index contributed by atoms with van der Waals surface area (Å²) in [5.74, 6) is 0.0238. The van der Waals surface area contributed by atoms with Crippen LogP contribution in [0.25, 0.3) is 0 Å². The topological polar surface area (TPSA) is 109 Å². The first-order valence-corrected chi connectivity index (χ1v) is 12.3. The minimum atomic E-state index is -1.21. The van der Waals surface area contributed by atoms with Gasteiger partial charge in [-0.1, -0.05) is 18.1 Å². The molecular formula is C24H25N5O4S. The van der Waals surface area contributed by atoms with E-state index in [0.717, 1.165) is 5.56 Å². The Balaban J connectivity index is 1.39. The van der Waals surface area contributed by atoms with Crippen LogP contribution in [0.2, 0.25) is 0 Å². The second kappa shape index (κ2) is 9.02. The molecule has 5 rings (SSSR count). The summed E-state index contributed by atoms with van der Waals surface area (Å²) in [7, 11) is 0. The Morgan fingerprint density at radius 1 is 1.29 bits per heavy atom. The summed E-state index contributed by atoms with van der Waals surface area (Å²) in [6.07, 6.45) is 5.06. The lowest BCUT2D eigenvalue weighted by atomic mass is 9.73. The summed E-state index contributed by atoms with van der Waals surface area (Å²) in [6, 6.07) is 6.78. The smallest absolute Gasteiger partial charge is 0.325 e. The molecule has 34 heavy (non-hydrogen) atoms. The molecule has 0 radical (unpaired) electrons. The third-order valence-corrected chi connectivity index (χ3v) is 7.42. The molecule has 5 heterocycles. The summed E-state index contributed by atoms with van der Waals surface area (Å²) in [5.41, 5.74) is 0.661. The summed E-state index contributed by atoms with van der Waals surface area (Å²) in [5, 5.41) is 10.8. The number of nitrogens with one attached hydrogen (secondary N) is 1. The molecule has 2 aliphatic heterocycles. The van der Waals surface area contributed by atoms with Crippen LogP contribution in [0.4, 0.5) is 4.79 Å². The van der Waals surface area contributed by atoms with Gasteiger partial charge in [-0.15, -0.1) is 0 Å². The number of amides is 4. The standard InChI is InChI=1S/C24H25N5O4S/c1-2-19-12-20(27-33-19)21(30)28-9-5-17(6-10-28)24(18-4-3-8-25-13-18)22(31)29(23(32)26-24)14-16-7-11-34-15-16/h3-4,7-8,11-13,15,17H,2,5-6,9-10,14H2,1H3,(H,26,32)/t24-/m0/s1. The van der Waals surface area contributed by atoms with Gasteiger partial charge < -0.3 is 14.7 Å². The van der Waals surface area contributed by atoms with Gasteiger partial charge in [-0.05, 0) is 47.2 Å². The summed E-state index contributed by atoms with van der Waals surface area (Å²) in [4.78, 5) is 47.0. The SMILES string of the molecule is CCc1cc(C(=O)N2CCC([C@@]3(c4cccnc4)NC(=O)N(Cc4ccsc4)C3=O)CC2)no1. The van der Waals surface area contributed by atoms with Gasteiger partial charge in [-0.25, -0.2) is 4.79 Å². The van der Waals surface area contributed by atoms with Crippen LogP contribution in [0.3, 0.4) is 0 Å². The minimum absolute atomic E-state index is 0.182. The van der Waals surface area contributed by atoms with Crippen LogP contribution in [0.1, 0.15) is 47.1 Å². The zero-order chi connectivity index (χ0) is 23.7. The normalized spacial score (nSPS) is 21.2. The number of carbonyl (C=O) groups excluding carboxylic acids is 3. The van der Waals surface area contributed by atoms with E-state index in [0.29, 0.717) is 49.4 Å². The van der Waals surface area contributed by atoms with Crippen LogP contribution < -0.4 is 5.32 Å². The fourth-order valence-corrected chi connectivity index (χ4v) is 5.53. The van der Waals surface area contributed by atoms with Gasteiger partial charge in [-0.2, -0.15) is 11.3 Å². The largest absolute Gasteiger partial charge is 0.361 e. The third-order valence-electron chi connectivity index (χ3n) is 6.69. The number of carbonyl (C=O) groups is 3. The zero-order valence-corrected chi connectivity index (χ0v) is 19.6. The van der Waals surface area contributed by atoms with E-state index < -0.39 is 11.6 Å². The highest BCUT2D eigenvalue weighted by Gasteiger charge is 2.57. The van der Waals surface area contributed by atoms with E-state index in [-0.39, 0.29) is 24.3 Å². The lowest BCUT2D eigenvalue weighted by Crippen LogP contribution is -2.54. The van der Waals surface area contributed by atoms with Crippen molar-refractivity contribution in [3.63, 3.8) is 0 Å². The van der Waals surface area contributed by atoms with Gasteiger partial charge in [0.05, 0.1) is 6.54 Å². The summed E-state index contributed by atoms with van der Waals surface area (Å²) in [6.45, 7) is 3.06. The maximum atomic E-state index is 13.9. The quantitative estimate of drug-likeness (QED) is 0.544. The van der Waals surface area contributed by atoms with Crippen LogP contribution in [-0.4, -0.2) is 50.9 Å². The van der Waals surface area contributed by atoms with Crippen molar-refractivity contribution in [2.24, 2.45) is 5.92 Å². The van der Waals surface area contributed by atoms with E-state index in [1.165, 1.54) is 16.2 Å². The molecule has 0 aliphatic carbocycles. The molecule has 3 aromatic heterocycles. The van der Waals surface area contributed by atoms with Gasteiger partial charge in [0.1, 0.15) is 5.76 Å². The predicted octanol–water partition coefficient (Wildman–Crippen LogP) is 3.19. The Morgan fingerprint density at radius 3 is 2.76 bits per heavy atom. The molecule has 4 amide bonds. The van der Waals surface area contributed by atoms with Crippen molar-refractivity contribution in [2.45, 2.75) is 38.3 Å². The van der Waals surface area contributed by atoms with Gasteiger partial charge in [0.15, 0.2) is 11.2 Å². The highest BCUT2D eigenvalue weighted by Crippen LogP contribution is 2.41. The highest BCUT2D eigenvalue weighted by atomic mass is 32.1. The lowest BCUT2D eigenvalue weighted by Gasteiger charge is -2.40. The second-order valence-corrected chi connectivity index (χ2v) is 9.38. The number of aromatic nitrogens is 2. The molecule has 0 bridgehead atoms. The number of pyridine rings is 1. The van der Waals surface area contributed by atoms with Crippen molar-refractivity contribution in [2.75, 3.05) is 13.1 Å². The predicted molar refractivity (Wildman–Crippen MR) is 124 cm³/mol. The average molecular weight is 480 g/mol. The number of urea groups is 1. The van der Waals surface area contributed by atoms with Gasteiger partial charge >= 0.3 is 6.03 Å². The van der Waals surface area contributed by atoms with E-state index in [1.54, 1.807) is 29.4 Å². The van der Waals surface area contributed by atoms with Gasteiger partial charge in [0.2, 0.25) is 0 Å². The van der Waals surface area contributed by atoms with E-state index in [2.05, 4.69) is 15.5 Å². The number of rotatable bonds is 6. The van der Waals surface area contributed by atoms with E-state index >= 15 is 0 Å². The monoisotopic (exact) mass is 479 g/mol. The van der Waals surface area contributed by atoms with E-state index in [4.69, 9.17) is 4.52 Å². The maximum Gasteiger partial charge on any atom is 0.325 e. The van der Waals surface area contributed by atoms with Gasteiger partial charge in [0.25, 0.3) is 11.8 Å². The lowest BCUT2D eigenvalue weighted by molar-refractivity contribution is -0.134. The minimum Gasteiger partial charge on any atom is -0.361 e. The molecule has 10 heteroatoms. The molecule has 0 unspecified atom stereocenters. The van der Waals surface area contributed by atoms with Crippen molar-refractivity contribution in [1.29, 1.82) is 0 Å². The molecule has 2 aliphatic rings. The molecule has 2 fully saturated rings. The maximum absolute atomic E-state index is 13.9. The Hall–Kier alpha value is -3.53. The molecule has 0 aromatic carbocycles. The number of hydrogen-bond donors (Lipinski definition) is 1. The zero-order valence-electron chi connectivity index (χ0n) is 18.8. The van der Waals surface area contributed by atoms with Crippen molar-refractivity contribution in [3.8, 4) is 0 Å². The molecule has 2 saturated heterocycles. The van der Waals surface area contributed by atoms with Gasteiger partial charge in [0, 0.05) is 43.5 Å². The molecule has 1 atom stereocenters. The van der Waals surface area contributed by atoms with Crippen LogP contribution in [0.15, 0.2) is 51.9 Å². The van der Waals surface area contributed by atoms with Crippen LogP contribution in [0.5, 0.6) is 0 Å². The Bertz CT molecular complexity index is 1190. The molecule has 3 aromatic rings. The first kappa shape index (κ1) is 22.3. The number of nitrogens with zero attached hydrogens (tertiary/aromatic N) is 4. The number of piperidine rings is 1. The van der Waals surface area contributed by atoms with Gasteiger partial charge in [-0.3, -0.25) is 19.5 Å². The molecule has 176 valence electrons. The van der Waals surface area contributed by atoms with Crippen molar-refractivity contribution in [3.05, 3.63) is 70.0 Å². The number of hydrogen-bond acceptors (Lipinski definition) is 7. The number of likely N-dealkylation sites (tertiary alicyclic amines) is 1. The average Bonchev–Trinajstić information content (AvgIpc) is 3.62. The summed E-state index contributed by atoms with van der Waals surface area (Å²) >= 11 is 1.52. The van der Waals surface area contributed by atoms with Crippen LogP contribution in [0, 0.1) is 5.92 Å². The first-order chi connectivity index (χ1) is 16.5. The fourth-order valence-electron chi connectivity index (χ4n) is 4.87. The summed E-state index contributed by atoms with van der Waals surface area (Å²) < 4.78 is 5.18. The number of imide groups is 1. The van der Waals surface area contributed by atoms with Crippen LogP contribution >= 0.6 is 11.3 Å². The van der Waals surface area contributed by atoms with Crippen molar-refractivity contribution < 1.29 is 18.9 Å². The number of thiophene rings is 1. The number of aryl methyl sites for hydroxylation is 1. The first-order valence-electron chi connectivity index (χ1n) is 11.3. The molecule has 0 saturated carbocycles. The van der Waals surface area contributed by atoms with E-state index in [1.807, 2.05) is 29.8 Å². The molecule has 9 nitrogen and oxygen atoms in total. The molecular weight excluding hydrogens is 454 g/mol. The molecule has 1 N–H and O–H groups in total. The third kappa shape index (κ3) is 3.77. The fraction of sp³-hybridized carbons (Fsp3) is 0.375. The Labute approximate surface area is 200 Å². The highest BCUT2D eigenvalue weighted by molar-refractivity contribution is 7.07. The second-order valence-electron chi connectivity index (χ2n) is 8.60.